The third kappa shape index (κ3) is 3.07. The van der Waals surface area contributed by atoms with Crippen LogP contribution < -0.4 is 4.74 Å². The summed E-state index contributed by atoms with van der Waals surface area (Å²) in [6, 6.07) is 2.38. The largest absolute Gasteiger partial charge is 0.504 e. The molecule has 7 heteroatoms. The molecule has 0 atom stereocenters. The first-order valence-corrected chi connectivity index (χ1v) is 4.72. The molecule has 0 aliphatic heterocycles. The fraction of sp³-hybridized carbons (Fsp3) is 0.300. The highest BCUT2D eigenvalue weighted by Gasteiger charge is 2.15. The van der Waals surface area contributed by atoms with Crippen molar-refractivity contribution in [3.05, 3.63) is 27.8 Å². The zero-order valence-corrected chi connectivity index (χ0v) is 9.75. The number of nitro groups is 1. The van der Waals surface area contributed by atoms with E-state index in [1.54, 1.807) is 14.1 Å². The molecule has 92 valence electrons. The molecule has 0 fully saturated rings. The normalized spacial score (nSPS) is 10.5. The van der Waals surface area contributed by atoms with E-state index in [0.29, 0.717) is 0 Å². The predicted molar refractivity (Wildman–Crippen MR) is 62.6 cm³/mol. The van der Waals surface area contributed by atoms with Crippen LogP contribution in [0.15, 0.2) is 17.2 Å². The second-order valence-corrected chi connectivity index (χ2v) is 3.43. The Morgan fingerprint density at radius 1 is 1.53 bits per heavy atom. The fourth-order valence-electron chi connectivity index (χ4n) is 1.15. The van der Waals surface area contributed by atoms with E-state index in [4.69, 9.17) is 4.74 Å². The lowest BCUT2D eigenvalue weighted by Crippen LogP contribution is -2.02. The van der Waals surface area contributed by atoms with Gasteiger partial charge >= 0.3 is 0 Å². The summed E-state index contributed by atoms with van der Waals surface area (Å²) >= 11 is 0. The number of hydrogen-bond acceptors (Lipinski definition) is 6. The van der Waals surface area contributed by atoms with Gasteiger partial charge in [0.1, 0.15) is 0 Å². The average molecular weight is 239 g/mol. The van der Waals surface area contributed by atoms with Gasteiger partial charge in [0, 0.05) is 25.7 Å². The highest BCUT2D eigenvalue weighted by Crippen LogP contribution is 2.33. The predicted octanol–water partition coefficient (Wildman–Crippen LogP) is 1.20. The van der Waals surface area contributed by atoms with Gasteiger partial charge < -0.3 is 14.9 Å². The van der Waals surface area contributed by atoms with Crippen molar-refractivity contribution in [1.82, 2.24) is 5.01 Å². The molecular formula is C10H13N3O4. The van der Waals surface area contributed by atoms with Gasteiger partial charge in [0.25, 0.3) is 5.69 Å². The molecule has 0 aliphatic rings. The molecular weight excluding hydrogens is 226 g/mol. The van der Waals surface area contributed by atoms with Gasteiger partial charge in [0.2, 0.25) is 0 Å². The van der Waals surface area contributed by atoms with Crippen molar-refractivity contribution >= 4 is 11.9 Å². The van der Waals surface area contributed by atoms with E-state index in [9.17, 15) is 15.2 Å². The number of hydrazone groups is 1. The number of rotatable bonds is 4. The Bertz CT molecular complexity index is 457. The molecule has 0 saturated carbocycles. The van der Waals surface area contributed by atoms with Crippen molar-refractivity contribution in [2.75, 3.05) is 21.2 Å². The third-order valence-electron chi connectivity index (χ3n) is 1.95. The molecule has 0 unspecified atom stereocenters. The Kier molecular flexibility index (Phi) is 3.86. The van der Waals surface area contributed by atoms with Crippen LogP contribution in [0.4, 0.5) is 5.69 Å². The average Bonchev–Trinajstić information content (AvgIpc) is 2.27. The van der Waals surface area contributed by atoms with Crippen LogP contribution in [0, 0.1) is 10.1 Å². The molecule has 0 amide bonds. The van der Waals surface area contributed by atoms with Crippen molar-refractivity contribution in [2.45, 2.75) is 0 Å². The minimum absolute atomic E-state index is 0.0411. The lowest BCUT2D eigenvalue weighted by molar-refractivity contribution is -0.385. The van der Waals surface area contributed by atoms with E-state index in [2.05, 4.69) is 5.10 Å². The van der Waals surface area contributed by atoms with Crippen LogP contribution in [-0.2, 0) is 0 Å². The maximum Gasteiger partial charge on any atom is 0.274 e. The standard InChI is InChI=1S/C10H13N3O4/c1-12(2)11-6-7-4-8(13(15)16)5-9(17-3)10(7)14/h4-6,14H,1-3H3/b11-6+. The van der Waals surface area contributed by atoms with E-state index in [0.717, 1.165) is 6.07 Å². The van der Waals surface area contributed by atoms with Crippen molar-refractivity contribution in [1.29, 1.82) is 0 Å². The van der Waals surface area contributed by atoms with Crippen molar-refractivity contribution in [2.24, 2.45) is 5.10 Å². The van der Waals surface area contributed by atoms with Crippen LogP contribution in [0.25, 0.3) is 0 Å². The molecule has 1 aromatic carbocycles. The zero-order chi connectivity index (χ0) is 13.0. The SMILES string of the molecule is COc1cc([N+](=O)[O-])cc(/C=N/N(C)C)c1O. The number of phenols is 1. The molecule has 0 aliphatic carbocycles. The van der Waals surface area contributed by atoms with E-state index in [1.165, 1.54) is 24.4 Å². The molecule has 1 aromatic rings. The quantitative estimate of drug-likeness (QED) is 0.484. The Labute approximate surface area is 98.1 Å². The fourth-order valence-corrected chi connectivity index (χ4v) is 1.15. The summed E-state index contributed by atoms with van der Waals surface area (Å²) < 4.78 is 4.85. The molecule has 7 nitrogen and oxygen atoms in total. The first-order chi connectivity index (χ1) is 7.95. The summed E-state index contributed by atoms with van der Waals surface area (Å²) in [5.74, 6) is -0.136. The summed E-state index contributed by atoms with van der Waals surface area (Å²) in [6.45, 7) is 0. The first kappa shape index (κ1) is 12.8. The molecule has 0 saturated heterocycles. The number of non-ortho nitro benzene ring substituents is 1. The van der Waals surface area contributed by atoms with Crippen LogP contribution in [-0.4, -0.2) is 42.5 Å². The second kappa shape index (κ2) is 5.15. The van der Waals surface area contributed by atoms with Gasteiger partial charge in [-0.3, -0.25) is 10.1 Å². The Morgan fingerprint density at radius 3 is 2.65 bits per heavy atom. The Hall–Kier alpha value is -2.31. The summed E-state index contributed by atoms with van der Waals surface area (Å²) in [6.07, 6.45) is 1.32. The molecule has 1 N–H and O–H groups in total. The first-order valence-electron chi connectivity index (χ1n) is 4.72. The summed E-state index contributed by atoms with van der Waals surface area (Å²) in [7, 11) is 4.72. The maximum absolute atomic E-state index is 10.7. The van der Waals surface area contributed by atoms with Gasteiger partial charge in [-0.1, -0.05) is 0 Å². The maximum atomic E-state index is 10.7. The van der Waals surface area contributed by atoms with Crippen LogP contribution >= 0.6 is 0 Å². The zero-order valence-electron chi connectivity index (χ0n) is 9.75. The van der Waals surface area contributed by atoms with Gasteiger partial charge in [-0.2, -0.15) is 5.10 Å². The highest BCUT2D eigenvalue weighted by atomic mass is 16.6. The number of ether oxygens (including phenoxy) is 1. The Morgan fingerprint density at radius 2 is 2.18 bits per heavy atom. The van der Waals surface area contributed by atoms with Crippen LogP contribution in [0.2, 0.25) is 0 Å². The minimum atomic E-state index is -0.561. The van der Waals surface area contributed by atoms with Crippen molar-refractivity contribution < 1.29 is 14.8 Å². The second-order valence-electron chi connectivity index (χ2n) is 3.43. The summed E-state index contributed by atoms with van der Waals surface area (Å²) in [5, 5.41) is 25.8. The molecule has 17 heavy (non-hydrogen) atoms. The van der Waals surface area contributed by atoms with Gasteiger partial charge in [-0.25, -0.2) is 0 Å². The summed E-state index contributed by atoms with van der Waals surface area (Å²) in [5.41, 5.74) is 0.0598. The number of benzene rings is 1. The van der Waals surface area contributed by atoms with Crippen LogP contribution in [0.3, 0.4) is 0 Å². The third-order valence-corrected chi connectivity index (χ3v) is 1.95. The van der Waals surface area contributed by atoms with Crippen molar-refractivity contribution in [3.8, 4) is 11.5 Å². The molecule has 0 bridgehead atoms. The Balaban J connectivity index is 3.27. The van der Waals surface area contributed by atoms with Gasteiger partial charge in [0.15, 0.2) is 11.5 Å². The number of nitrogens with zero attached hydrogens (tertiary/aromatic N) is 3. The lowest BCUT2D eigenvalue weighted by atomic mass is 10.2. The molecule has 0 spiro atoms. The highest BCUT2D eigenvalue weighted by molar-refractivity contribution is 5.86. The van der Waals surface area contributed by atoms with E-state index in [-0.39, 0.29) is 22.7 Å². The molecule has 1 rings (SSSR count). The van der Waals surface area contributed by atoms with Gasteiger partial charge in [-0.15, -0.1) is 0 Å². The molecule has 0 radical (unpaired) electrons. The smallest absolute Gasteiger partial charge is 0.274 e. The summed E-state index contributed by atoms with van der Waals surface area (Å²) in [4.78, 5) is 10.1. The van der Waals surface area contributed by atoms with Gasteiger partial charge in [-0.05, 0) is 0 Å². The topological polar surface area (TPSA) is 88.2 Å². The van der Waals surface area contributed by atoms with E-state index < -0.39 is 4.92 Å². The van der Waals surface area contributed by atoms with E-state index >= 15 is 0 Å². The van der Waals surface area contributed by atoms with Crippen molar-refractivity contribution in [3.63, 3.8) is 0 Å². The number of nitro benzene ring substituents is 1. The molecule has 0 aromatic heterocycles. The number of phenolic OH excluding ortho intramolecular Hbond substituents is 1. The van der Waals surface area contributed by atoms with Crippen LogP contribution in [0.1, 0.15) is 5.56 Å². The monoisotopic (exact) mass is 239 g/mol. The lowest BCUT2D eigenvalue weighted by Gasteiger charge is -2.07. The minimum Gasteiger partial charge on any atom is -0.504 e. The molecule has 0 heterocycles. The number of aromatic hydroxyl groups is 1. The van der Waals surface area contributed by atoms with E-state index in [1.807, 2.05) is 0 Å². The van der Waals surface area contributed by atoms with Gasteiger partial charge in [0.05, 0.1) is 24.3 Å². The number of hydrogen-bond donors (Lipinski definition) is 1. The van der Waals surface area contributed by atoms with Crippen LogP contribution in [0.5, 0.6) is 11.5 Å². The number of methoxy groups -OCH3 is 1.